The second-order valence-electron chi connectivity index (χ2n) is 2.06. The molecule has 1 heterocycles. The van der Waals surface area contributed by atoms with E-state index < -0.39 is 10.0 Å². The van der Waals surface area contributed by atoms with Crippen molar-refractivity contribution in [1.82, 2.24) is 14.9 Å². The molecule has 0 atom stereocenters. The molecule has 0 saturated carbocycles. The summed E-state index contributed by atoms with van der Waals surface area (Å²) in [6, 6.07) is 0. The lowest BCUT2D eigenvalue weighted by Crippen LogP contribution is -2.26. The number of aromatic nitrogens is 2. The van der Waals surface area contributed by atoms with Crippen LogP contribution in [0.2, 0.25) is 0 Å². The molecule has 0 amide bonds. The van der Waals surface area contributed by atoms with Crippen LogP contribution in [-0.2, 0) is 10.0 Å². The molecule has 7 heteroatoms. The van der Waals surface area contributed by atoms with Gasteiger partial charge in [0.1, 0.15) is 4.90 Å². The van der Waals surface area contributed by atoms with Crippen LogP contribution in [-0.4, -0.2) is 36.9 Å². The van der Waals surface area contributed by atoms with Gasteiger partial charge in [-0.05, 0) is 0 Å². The summed E-state index contributed by atoms with van der Waals surface area (Å²) in [6.07, 6.45) is 2.46. The molecule has 1 aromatic rings. The molecule has 0 spiro atoms. The van der Waals surface area contributed by atoms with Crippen molar-refractivity contribution in [2.75, 3.05) is 13.2 Å². The minimum Gasteiger partial charge on any atom is -0.395 e. The summed E-state index contributed by atoms with van der Waals surface area (Å²) < 4.78 is 24.5. The maximum absolute atomic E-state index is 11.2. The number of sulfonamides is 1. The predicted molar refractivity (Wildman–Crippen MR) is 40.9 cm³/mol. The third kappa shape index (κ3) is 2.03. The van der Waals surface area contributed by atoms with Gasteiger partial charge in [0.25, 0.3) is 0 Å². The molecule has 1 aromatic heterocycles. The number of aliphatic hydroxyl groups excluding tert-OH is 1. The largest absolute Gasteiger partial charge is 0.395 e. The minimum atomic E-state index is -3.48. The highest BCUT2D eigenvalue weighted by Gasteiger charge is 2.13. The average molecular weight is 191 g/mol. The van der Waals surface area contributed by atoms with Crippen LogP contribution in [0.15, 0.2) is 17.3 Å². The van der Waals surface area contributed by atoms with Crippen molar-refractivity contribution < 1.29 is 13.5 Å². The Morgan fingerprint density at radius 2 is 2.42 bits per heavy atom. The summed E-state index contributed by atoms with van der Waals surface area (Å²) in [5.41, 5.74) is 0. The van der Waals surface area contributed by atoms with Crippen LogP contribution >= 0.6 is 0 Å². The van der Waals surface area contributed by atoms with E-state index in [4.69, 9.17) is 5.11 Å². The van der Waals surface area contributed by atoms with Crippen molar-refractivity contribution in [3.05, 3.63) is 12.4 Å². The molecule has 0 radical (unpaired) electrons. The third-order valence-electron chi connectivity index (χ3n) is 1.19. The van der Waals surface area contributed by atoms with E-state index in [0.717, 1.165) is 0 Å². The molecule has 0 bridgehead atoms. The number of rotatable bonds is 4. The third-order valence-corrected chi connectivity index (χ3v) is 2.62. The molecular formula is C5H9N3O3S. The zero-order valence-electron chi connectivity index (χ0n) is 6.19. The standard InChI is InChI=1S/C5H9N3O3S/c9-2-1-8-12(10,11)5-3-6-7-4-5/h3-4,8-9H,1-2H2,(H,6,7). The number of aromatic amines is 1. The predicted octanol–water partition coefficient (Wildman–Crippen LogP) is -1.32. The van der Waals surface area contributed by atoms with Crippen molar-refractivity contribution in [3.8, 4) is 0 Å². The van der Waals surface area contributed by atoms with Gasteiger partial charge in [-0.2, -0.15) is 5.10 Å². The normalized spacial score (nSPS) is 11.8. The maximum Gasteiger partial charge on any atom is 0.243 e. The van der Waals surface area contributed by atoms with Crippen LogP contribution in [0.3, 0.4) is 0 Å². The second kappa shape index (κ2) is 3.65. The monoisotopic (exact) mass is 191 g/mol. The number of hydrogen-bond acceptors (Lipinski definition) is 4. The summed E-state index contributed by atoms with van der Waals surface area (Å²) in [5, 5.41) is 14.2. The van der Waals surface area contributed by atoms with Crippen LogP contribution in [0.4, 0.5) is 0 Å². The molecular weight excluding hydrogens is 182 g/mol. The van der Waals surface area contributed by atoms with E-state index in [2.05, 4.69) is 14.9 Å². The summed E-state index contributed by atoms with van der Waals surface area (Å²) in [5.74, 6) is 0. The van der Waals surface area contributed by atoms with Gasteiger partial charge in [0.15, 0.2) is 0 Å². The summed E-state index contributed by atoms with van der Waals surface area (Å²) >= 11 is 0. The summed E-state index contributed by atoms with van der Waals surface area (Å²) in [6.45, 7) is -0.218. The van der Waals surface area contributed by atoms with Gasteiger partial charge in [0.2, 0.25) is 10.0 Å². The molecule has 68 valence electrons. The van der Waals surface area contributed by atoms with Crippen molar-refractivity contribution in [2.45, 2.75) is 4.90 Å². The van der Waals surface area contributed by atoms with Crippen LogP contribution in [0.5, 0.6) is 0 Å². The van der Waals surface area contributed by atoms with Crippen LogP contribution in [0, 0.1) is 0 Å². The second-order valence-corrected chi connectivity index (χ2v) is 3.82. The average Bonchev–Trinajstić information content (AvgIpc) is 2.53. The van der Waals surface area contributed by atoms with Crippen LogP contribution < -0.4 is 4.72 Å². The van der Waals surface area contributed by atoms with Crippen LogP contribution in [0.25, 0.3) is 0 Å². The van der Waals surface area contributed by atoms with Crippen molar-refractivity contribution in [3.63, 3.8) is 0 Å². The zero-order chi connectivity index (χ0) is 9.03. The van der Waals surface area contributed by atoms with E-state index in [1.54, 1.807) is 0 Å². The topological polar surface area (TPSA) is 95.1 Å². The van der Waals surface area contributed by atoms with E-state index >= 15 is 0 Å². The highest BCUT2D eigenvalue weighted by atomic mass is 32.2. The maximum atomic E-state index is 11.2. The van der Waals surface area contributed by atoms with Crippen molar-refractivity contribution in [1.29, 1.82) is 0 Å². The smallest absolute Gasteiger partial charge is 0.243 e. The van der Waals surface area contributed by atoms with E-state index in [1.165, 1.54) is 12.4 Å². The first-order chi connectivity index (χ1) is 5.67. The van der Waals surface area contributed by atoms with Crippen molar-refractivity contribution >= 4 is 10.0 Å². The molecule has 1 rings (SSSR count). The van der Waals surface area contributed by atoms with Gasteiger partial charge in [0, 0.05) is 12.7 Å². The van der Waals surface area contributed by atoms with Crippen LogP contribution in [0.1, 0.15) is 0 Å². The lowest BCUT2D eigenvalue weighted by molar-refractivity contribution is 0.301. The number of hydrogen-bond donors (Lipinski definition) is 3. The highest BCUT2D eigenvalue weighted by Crippen LogP contribution is 2.02. The molecule has 6 nitrogen and oxygen atoms in total. The number of nitrogens with one attached hydrogen (secondary N) is 2. The highest BCUT2D eigenvalue weighted by molar-refractivity contribution is 7.89. The first-order valence-corrected chi connectivity index (χ1v) is 4.74. The van der Waals surface area contributed by atoms with Gasteiger partial charge in [-0.25, -0.2) is 13.1 Å². The summed E-state index contributed by atoms with van der Waals surface area (Å²) in [7, 11) is -3.48. The molecule has 0 aliphatic heterocycles. The zero-order valence-corrected chi connectivity index (χ0v) is 7.00. The van der Waals surface area contributed by atoms with Gasteiger partial charge < -0.3 is 5.11 Å². The molecule has 0 unspecified atom stereocenters. The molecule has 12 heavy (non-hydrogen) atoms. The fourth-order valence-corrected chi connectivity index (χ4v) is 1.58. The first-order valence-electron chi connectivity index (χ1n) is 3.26. The molecule has 3 N–H and O–H groups in total. The fraction of sp³-hybridized carbons (Fsp3) is 0.400. The Morgan fingerprint density at radius 1 is 1.67 bits per heavy atom. The molecule has 0 fully saturated rings. The summed E-state index contributed by atoms with van der Waals surface area (Å²) in [4.78, 5) is 0.0657. The van der Waals surface area contributed by atoms with E-state index in [0.29, 0.717) is 0 Å². The van der Waals surface area contributed by atoms with E-state index in [-0.39, 0.29) is 18.0 Å². The minimum absolute atomic E-state index is 0.00745. The van der Waals surface area contributed by atoms with Crippen molar-refractivity contribution in [2.24, 2.45) is 0 Å². The lowest BCUT2D eigenvalue weighted by atomic mass is 10.7. The number of H-pyrrole nitrogens is 1. The van der Waals surface area contributed by atoms with Gasteiger partial charge in [0.05, 0.1) is 12.8 Å². The Labute approximate surface area is 69.7 Å². The molecule has 0 aliphatic rings. The Bertz CT molecular complexity index is 318. The number of aliphatic hydroxyl groups is 1. The molecule has 0 aromatic carbocycles. The fourth-order valence-electron chi connectivity index (χ4n) is 0.649. The van der Waals surface area contributed by atoms with E-state index in [1.807, 2.05) is 0 Å². The molecule has 0 aliphatic carbocycles. The van der Waals surface area contributed by atoms with Gasteiger partial charge in [-0.1, -0.05) is 0 Å². The van der Waals surface area contributed by atoms with Gasteiger partial charge in [-0.3, -0.25) is 5.10 Å². The Balaban J connectivity index is 2.74. The first kappa shape index (κ1) is 9.17. The Hall–Kier alpha value is -0.920. The number of nitrogens with zero attached hydrogens (tertiary/aromatic N) is 1. The van der Waals surface area contributed by atoms with Gasteiger partial charge in [-0.15, -0.1) is 0 Å². The molecule has 0 saturated heterocycles. The van der Waals surface area contributed by atoms with E-state index in [9.17, 15) is 8.42 Å². The Kier molecular flexibility index (Phi) is 2.79. The lowest BCUT2D eigenvalue weighted by Gasteiger charge is -2.00. The quantitative estimate of drug-likeness (QED) is 0.550. The Morgan fingerprint density at radius 3 is 2.92 bits per heavy atom. The van der Waals surface area contributed by atoms with Gasteiger partial charge >= 0.3 is 0 Å². The SMILES string of the molecule is O=S(=O)(NCCO)c1cn[nH]c1.